The van der Waals surface area contributed by atoms with E-state index < -0.39 is 0 Å². The van der Waals surface area contributed by atoms with Crippen LogP contribution in [-0.2, 0) is 0 Å². The van der Waals surface area contributed by atoms with Gasteiger partial charge >= 0.3 is 0 Å². The zero-order valence-electron chi connectivity index (χ0n) is 11.1. The lowest BCUT2D eigenvalue weighted by molar-refractivity contribution is 0.801. The number of benzene rings is 1. The quantitative estimate of drug-likeness (QED) is 0.895. The zero-order valence-corrected chi connectivity index (χ0v) is 11.1. The Morgan fingerprint density at radius 2 is 1.89 bits per heavy atom. The molecule has 0 aliphatic rings. The Bertz CT molecular complexity index is 528. The third-order valence-corrected chi connectivity index (χ3v) is 3.01. The van der Waals surface area contributed by atoms with Crippen LogP contribution in [0.4, 0.5) is 11.9 Å². The molecule has 2 N–H and O–H groups in total. The second-order valence-electron chi connectivity index (χ2n) is 4.14. The van der Waals surface area contributed by atoms with Gasteiger partial charge in [-0.15, -0.1) is 5.10 Å². The van der Waals surface area contributed by atoms with Gasteiger partial charge in [-0.3, -0.25) is 0 Å². The fourth-order valence-corrected chi connectivity index (χ4v) is 1.93. The zero-order chi connectivity index (χ0) is 13.1. The molecule has 96 valence electrons. The highest BCUT2D eigenvalue weighted by Crippen LogP contribution is 2.18. The van der Waals surface area contributed by atoms with Crippen LogP contribution in [0.25, 0.3) is 5.69 Å². The fourth-order valence-electron chi connectivity index (χ4n) is 1.93. The minimum Gasteiger partial charge on any atom is -0.368 e. The summed E-state index contributed by atoms with van der Waals surface area (Å²) < 4.78 is 1.70. The SMILES string of the molecule is CCN(CC)c1nc(N)n(-c2ccccc2C)n1. The van der Waals surface area contributed by atoms with E-state index in [-0.39, 0.29) is 0 Å². The molecule has 1 aromatic heterocycles. The molecule has 2 aromatic rings. The van der Waals surface area contributed by atoms with Crippen molar-refractivity contribution in [3.63, 3.8) is 0 Å². The van der Waals surface area contributed by atoms with E-state index in [9.17, 15) is 0 Å². The summed E-state index contributed by atoms with van der Waals surface area (Å²) in [5, 5.41) is 4.49. The third-order valence-electron chi connectivity index (χ3n) is 3.01. The van der Waals surface area contributed by atoms with E-state index in [1.54, 1.807) is 4.68 Å². The highest BCUT2D eigenvalue weighted by molar-refractivity contribution is 5.46. The second-order valence-corrected chi connectivity index (χ2v) is 4.14. The number of aromatic nitrogens is 3. The molecule has 1 aromatic carbocycles. The summed E-state index contributed by atoms with van der Waals surface area (Å²) in [6.07, 6.45) is 0. The van der Waals surface area contributed by atoms with Gasteiger partial charge in [0.1, 0.15) is 0 Å². The van der Waals surface area contributed by atoms with Gasteiger partial charge in [0.2, 0.25) is 11.9 Å². The molecule has 0 bridgehead atoms. The van der Waals surface area contributed by atoms with E-state index in [1.807, 2.05) is 31.2 Å². The predicted molar refractivity (Wildman–Crippen MR) is 74.1 cm³/mol. The van der Waals surface area contributed by atoms with Crippen LogP contribution in [0.1, 0.15) is 19.4 Å². The minimum absolute atomic E-state index is 0.422. The Balaban J connectivity index is 2.44. The Hall–Kier alpha value is -2.04. The number of para-hydroxylation sites is 1. The van der Waals surface area contributed by atoms with E-state index in [0.29, 0.717) is 11.9 Å². The van der Waals surface area contributed by atoms with E-state index in [4.69, 9.17) is 5.73 Å². The minimum atomic E-state index is 0.422. The van der Waals surface area contributed by atoms with Crippen molar-refractivity contribution in [2.45, 2.75) is 20.8 Å². The topological polar surface area (TPSA) is 60.0 Å². The van der Waals surface area contributed by atoms with Crippen LogP contribution in [0.3, 0.4) is 0 Å². The molecule has 5 nitrogen and oxygen atoms in total. The second kappa shape index (κ2) is 5.08. The Morgan fingerprint density at radius 3 is 2.50 bits per heavy atom. The number of nitrogen functional groups attached to an aromatic ring is 1. The average molecular weight is 245 g/mol. The Kier molecular flexibility index (Phi) is 3.50. The van der Waals surface area contributed by atoms with Gasteiger partial charge in [0.15, 0.2) is 0 Å². The van der Waals surface area contributed by atoms with Gasteiger partial charge in [0.25, 0.3) is 0 Å². The molecule has 0 aliphatic heterocycles. The summed E-state index contributed by atoms with van der Waals surface area (Å²) in [5.41, 5.74) is 8.05. The van der Waals surface area contributed by atoms with E-state index >= 15 is 0 Å². The van der Waals surface area contributed by atoms with Crippen LogP contribution in [0.5, 0.6) is 0 Å². The average Bonchev–Trinajstić information content (AvgIpc) is 2.73. The number of nitrogens with zero attached hydrogens (tertiary/aromatic N) is 4. The number of nitrogens with two attached hydrogens (primary N) is 1. The Morgan fingerprint density at radius 1 is 1.22 bits per heavy atom. The largest absolute Gasteiger partial charge is 0.368 e. The molecule has 0 spiro atoms. The summed E-state index contributed by atoms with van der Waals surface area (Å²) in [7, 11) is 0. The van der Waals surface area contributed by atoms with Crippen molar-refractivity contribution in [2.24, 2.45) is 0 Å². The first-order chi connectivity index (χ1) is 8.67. The molecule has 0 radical (unpaired) electrons. The molecule has 0 aliphatic carbocycles. The monoisotopic (exact) mass is 245 g/mol. The van der Waals surface area contributed by atoms with E-state index in [0.717, 1.165) is 24.3 Å². The molecule has 0 fully saturated rings. The summed E-state index contributed by atoms with van der Waals surface area (Å²) in [4.78, 5) is 6.40. The fraction of sp³-hybridized carbons (Fsp3) is 0.385. The van der Waals surface area contributed by atoms with Gasteiger partial charge in [0, 0.05) is 13.1 Å². The maximum atomic E-state index is 5.95. The maximum absolute atomic E-state index is 5.95. The highest BCUT2D eigenvalue weighted by Gasteiger charge is 2.13. The van der Waals surface area contributed by atoms with Gasteiger partial charge in [-0.05, 0) is 32.4 Å². The van der Waals surface area contributed by atoms with Crippen LogP contribution in [0.15, 0.2) is 24.3 Å². The van der Waals surface area contributed by atoms with Crippen LogP contribution in [0, 0.1) is 6.92 Å². The summed E-state index contributed by atoms with van der Waals surface area (Å²) in [6, 6.07) is 8.00. The molecule has 0 saturated heterocycles. The smallest absolute Gasteiger partial charge is 0.246 e. The molecular weight excluding hydrogens is 226 g/mol. The van der Waals surface area contributed by atoms with Gasteiger partial charge in [0.05, 0.1) is 5.69 Å². The van der Waals surface area contributed by atoms with Gasteiger partial charge in [-0.1, -0.05) is 18.2 Å². The lowest BCUT2D eigenvalue weighted by Gasteiger charge is -2.15. The lowest BCUT2D eigenvalue weighted by Crippen LogP contribution is -2.23. The standard InChI is InChI=1S/C13H19N5/c1-4-17(5-2)13-15-12(14)18(16-13)11-9-7-6-8-10(11)3/h6-9H,4-5H2,1-3H3,(H2,14,15,16). The van der Waals surface area contributed by atoms with Gasteiger partial charge in [-0.25, -0.2) is 0 Å². The number of anilines is 2. The summed E-state index contributed by atoms with van der Waals surface area (Å²) >= 11 is 0. The molecule has 5 heteroatoms. The van der Waals surface area contributed by atoms with Crippen LogP contribution in [0.2, 0.25) is 0 Å². The van der Waals surface area contributed by atoms with Crippen molar-refractivity contribution < 1.29 is 0 Å². The van der Waals surface area contributed by atoms with Crippen molar-refractivity contribution >= 4 is 11.9 Å². The predicted octanol–water partition coefficient (Wildman–Crippen LogP) is 2.00. The number of hydrogen-bond donors (Lipinski definition) is 1. The van der Waals surface area contributed by atoms with E-state index in [1.165, 1.54) is 0 Å². The molecule has 1 heterocycles. The molecular formula is C13H19N5. The number of aryl methyl sites for hydroxylation is 1. The maximum Gasteiger partial charge on any atom is 0.246 e. The molecule has 0 unspecified atom stereocenters. The van der Waals surface area contributed by atoms with Crippen molar-refractivity contribution in [3.05, 3.63) is 29.8 Å². The van der Waals surface area contributed by atoms with Gasteiger partial charge < -0.3 is 10.6 Å². The highest BCUT2D eigenvalue weighted by atomic mass is 15.4. The first-order valence-corrected chi connectivity index (χ1v) is 6.20. The first kappa shape index (κ1) is 12.4. The third kappa shape index (κ3) is 2.16. The lowest BCUT2D eigenvalue weighted by atomic mass is 10.2. The van der Waals surface area contributed by atoms with Crippen molar-refractivity contribution in [3.8, 4) is 5.69 Å². The molecule has 18 heavy (non-hydrogen) atoms. The normalized spacial score (nSPS) is 10.6. The number of hydrogen-bond acceptors (Lipinski definition) is 4. The van der Waals surface area contributed by atoms with Crippen molar-refractivity contribution in [1.29, 1.82) is 0 Å². The molecule has 2 rings (SSSR count). The van der Waals surface area contributed by atoms with Crippen molar-refractivity contribution in [1.82, 2.24) is 14.8 Å². The summed E-state index contributed by atoms with van der Waals surface area (Å²) in [5.74, 6) is 1.10. The number of rotatable bonds is 4. The van der Waals surface area contributed by atoms with Crippen molar-refractivity contribution in [2.75, 3.05) is 23.7 Å². The molecule has 0 amide bonds. The van der Waals surface area contributed by atoms with Crippen LogP contribution < -0.4 is 10.6 Å². The van der Waals surface area contributed by atoms with Crippen LogP contribution in [-0.4, -0.2) is 27.9 Å². The molecule has 0 saturated carbocycles. The van der Waals surface area contributed by atoms with E-state index in [2.05, 4.69) is 28.8 Å². The van der Waals surface area contributed by atoms with Gasteiger partial charge in [-0.2, -0.15) is 9.67 Å². The first-order valence-electron chi connectivity index (χ1n) is 6.20. The Labute approximate surface area is 107 Å². The van der Waals surface area contributed by atoms with Crippen LogP contribution >= 0.6 is 0 Å². The summed E-state index contributed by atoms with van der Waals surface area (Å²) in [6.45, 7) is 7.93. The molecule has 0 atom stereocenters.